The van der Waals surface area contributed by atoms with Gasteiger partial charge < -0.3 is 11.2 Å². The number of nitro groups is 1. The molecule has 0 aromatic heterocycles. The second-order valence-electron chi connectivity index (χ2n) is 3.43. The number of non-ortho nitro benzene ring substituents is 1. The molecule has 0 unspecified atom stereocenters. The Bertz CT molecular complexity index is 426. The van der Waals surface area contributed by atoms with E-state index in [1.165, 1.54) is 12.1 Å². The van der Waals surface area contributed by atoms with Gasteiger partial charge in [-0.15, -0.1) is 0 Å². The summed E-state index contributed by atoms with van der Waals surface area (Å²) in [6, 6.07) is 6.24. The van der Waals surface area contributed by atoms with E-state index in [-0.39, 0.29) is 5.69 Å². The number of rotatable bonds is 5. The van der Waals surface area contributed by atoms with Crippen molar-refractivity contribution in [3.8, 4) is 0 Å². The molecule has 0 radical (unpaired) electrons. The smallest absolute Gasteiger partial charge is 0.269 e. The molecule has 1 rings (SSSR count). The Hall–Kier alpha value is -2.08. The van der Waals surface area contributed by atoms with Gasteiger partial charge in [-0.1, -0.05) is 6.92 Å². The lowest BCUT2D eigenvalue weighted by Gasteiger charge is -2.13. The molecule has 0 aliphatic heterocycles. The predicted molar refractivity (Wildman–Crippen MR) is 66.7 cm³/mol. The minimum Gasteiger partial charge on any atom is -0.400 e. The number of hydrogen-bond donors (Lipinski definition) is 3. The van der Waals surface area contributed by atoms with Gasteiger partial charge in [0, 0.05) is 30.4 Å². The van der Waals surface area contributed by atoms with Crippen LogP contribution < -0.4 is 16.6 Å². The Balaban J connectivity index is 3.08. The first-order chi connectivity index (χ1) is 8.10. The second-order valence-corrected chi connectivity index (χ2v) is 3.43. The van der Waals surface area contributed by atoms with Crippen molar-refractivity contribution >= 4 is 11.4 Å². The first kappa shape index (κ1) is 13.0. The molecule has 6 nitrogen and oxygen atoms in total. The third-order valence-corrected chi connectivity index (χ3v) is 2.32. The van der Waals surface area contributed by atoms with Gasteiger partial charge >= 0.3 is 0 Å². The number of hydrogen-bond acceptors (Lipinski definition) is 5. The molecule has 92 valence electrons. The van der Waals surface area contributed by atoms with Gasteiger partial charge in [-0.05, 0) is 18.6 Å². The molecular formula is C11H16N4O2. The highest BCUT2D eigenvalue weighted by Gasteiger charge is 2.08. The van der Waals surface area contributed by atoms with Gasteiger partial charge in [-0.3, -0.25) is 10.1 Å². The highest BCUT2D eigenvalue weighted by atomic mass is 16.6. The topological polar surface area (TPSA) is 93.2 Å². The van der Waals surface area contributed by atoms with Crippen molar-refractivity contribution in [2.45, 2.75) is 13.3 Å². The van der Waals surface area contributed by atoms with Crippen molar-refractivity contribution < 1.29 is 4.92 Å². The quantitative estimate of drug-likeness (QED) is 0.530. The molecule has 6 heteroatoms. The van der Waals surface area contributed by atoms with Gasteiger partial charge in [0.05, 0.1) is 10.6 Å². The van der Waals surface area contributed by atoms with E-state index in [9.17, 15) is 10.1 Å². The van der Waals surface area contributed by atoms with Crippen LogP contribution in [0.5, 0.6) is 0 Å². The molecule has 0 aliphatic carbocycles. The van der Waals surface area contributed by atoms with Crippen molar-refractivity contribution in [1.82, 2.24) is 10.9 Å². The van der Waals surface area contributed by atoms with Crippen molar-refractivity contribution in [3.05, 3.63) is 45.6 Å². The summed E-state index contributed by atoms with van der Waals surface area (Å²) in [6.45, 7) is 1.94. The Morgan fingerprint density at radius 1 is 1.41 bits per heavy atom. The van der Waals surface area contributed by atoms with Crippen LogP contribution in [0, 0.1) is 10.1 Å². The number of nitrogens with zero attached hydrogens (tertiary/aromatic N) is 1. The first-order valence-electron chi connectivity index (χ1n) is 5.26. The minimum absolute atomic E-state index is 0.0626. The van der Waals surface area contributed by atoms with E-state index >= 15 is 0 Å². The molecule has 0 amide bonds. The fraction of sp³-hybridized carbons (Fsp3) is 0.273. The molecule has 0 aliphatic rings. The normalized spacial score (nSPS) is 11.9. The molecule has 0 bridgehead atoms. The number of nitrogens with one attached hydrogen (secondary N) is 2. The Morgan fingerprint density at radius 3 is 2.41 bits per heavy atom. The van der Waals surface area contributed by atoms with Crippen molar-refractivity contribution in [1.29, 1.82) is 0 Å². The van der Waals surface area contributed by atoms with E-state index in [4.69, 9.17) is 5.73 Å². The van der Waals surface area contributed by atoms with Crippen LogP contribution in [0.3, 0.4) is 0 Å². The number of benzene rings is 1. The maximum Gasteiger partial charge on any atom is 0.269 e. The largest absolute Gasteiger partial charge is 0.400 e. The lowest BCUT2D eigenvalue weighted by molar-refractivity contribution is -0.384. The summed E-state index contributed by atoms with van der Waals surface area (Å²) < 4.78 is 0. The first-order valence-corrected chi connectivity index (χ1v) is 5.26. The molecular weight excluding hydrogens is 220 g/mol. The standard InChI is InChI=1S/C11H16N4O2/c1-3-10(12)11(14-13-2)8-4-6-9(7-5-8)15(16)17/h4-7,13-14H,3,12H2,1-2H3/b11-10+. The average molecular weight is 236 g/mol. The second kappa shape index (κ2) is 5.86. The summed E-state index contributed by atoms with van der Waals surface area (Å²) in [5.74, 6) is 0. The van der Waals surface area contributed by atoms with Gasteiger partial charge in [-0.2, -0.15) is 0 Å². The molecule has 0 fully saturated rings. The van der Waals surface area contributed by atoms with E-state index in [1.54, 1.807) is 19.2 Å². The fourth-order valence-corrected chi connectivity index (χ4v) is 1.39. The monoisotopic (exact) mass is 236 g/mol. The maximum absolute atomic E-state index is 10.5. The van der Waals surface area contributed by atoms with E-state index < -0.39 is 4.92 Å². The summed E-state index contributed by atoms with van der Waals surface area (Å²) >= 11 is 0. The van der Waals surface area contributed by atoms with Crippen LogP contribution in [0.15, 0.2) is 30.0 Å². The third-order valence-electron chi connectivity index (χ3n) is 2.32. The third kappa shape index (κ3) is 3.18. The van der Waals surface area contributed by atoms with Crippen molar-refractivity contribution in [2.24, 2.45) is 5.73 Å². The Kier molecular flexibility index (Phi) is 4.47. The summed E-state index contributed by atoms with van der Waals surface area (Å²) in [5.41, 5.74) is 13.9. The van der Waals surface area contributed by atoms with Crippen LogP contribution in [0.4, 0.5) is 5.69 Å². The van der Waals surface area contributed by atoms with Gasteiger partial charge in [0.25, 0.3) is 5.69 Å². The number of allylic oxidation sites excluding steroid dienone is 1. The van der Waals surface area contributed by atoms with E-state index in [0.29, 0.717) is 12.1 Å². The van der Waals surface area contributed by atoms with Crippen LogP contribution in [0.1, 0.15) is 18.9 Å². The van der Waals surface area contributed by atoms with E-state index in [0.717, 1.165) is 11.3 Å². The highest BCUT2D eigenvalue weighted by Crippen LogP contribution is 2.18. The summed E-state index contributed by atoms with van der Waals surface area (Å²) in [5, 5.41) is 10.5. The Morgan fingerprint density at radius 2 is 2.00 bits per heavy atom. The number of nitrogens with two attached hydrogens (primary N) is 1. The lowest BCUT2D eigenvalue weighted by Crippen LogP contribution is -2.28. The van der Waals surface area contributed by atoms with Gasteiger partial charge in [0.2, 0.25) is 0 Å². The molecule has 0 atom stereocenters. The van der Waals surface area contributed by atoms with Gasteiger partial charge in [0.1, 0.15) is 0 Å². The van der Waals surface area contributed by atoms with Crippen molar-refractivity contribution in [2.75, 3.05) is 7.05 Å². The van der Waals surface area contributed by atoms with Crippen molar-refractivity contribution in [3.63, 3.8) is 0 Å². The summed E-state index contributed by atoms with van der Waals surface area (Å²) in [6.07, 6.45) is 0.695. The molecule has 1 aromatic rings. The van der Waals surface area contributed by atoms with Crippen LogP contribution in [-0.4, -0.2) is 12.0 Å². The van der Waals surface area contributed by atoms with Crippen LogP contribution >= 0.6 is 0 Å². The lowest BCUT2D eigenvalue weighted by atomic mass is 10.1. The SMILES string of the molecule is CC/C(N)=C(\NNC)c1ccc([N+](=O)[O-])cc1. The van der Waals surface area contributed by atoms with E-state index in [1.807, 2.05) is 6.92 Å². The van der Waals surface area contributed by atoms with Gasteiger partial charge in [-0.25, -0.2) is 5.43 Å². The molecule has 0 saturated heterocycles. The molecule has 17 heavy (non-hydrogen) atoms. The molecule has 1 aromatic carbocycles. The minimum atomic E-state index is -0.429. The molecule has 0 heterocycles. The zero-order chi connectivity index (χ0) is 12.8. The zero-order valence-electron chi connectivity index (χ0n) is 9.86. The highest BCUT2D eigenvalue weighted by molar-refractivity contribution is 5.67. The zero-order valence-corrected chi connectivity index (χ0v) is 9.86. The summed E-state index contributed by atoms with van der Waals surface area (Å²) in [4.78, 5) is 10.1. The van der Waals surface area contributed by atoms with Crippen LogP contribution in [0.25, 0.3) is 5.70 Å². The Labute approximate surface area is 99.6 Å². The summed E-state index contributed by atoms with van der Waals surface area (Å²) in [7, 11) is 1.73. The van der Waals surface area contributed by atoms with Crippen LogP contribution in [0.2, 0.25) is 0 Å². The number of nitro benzene ring substituents is 1. The average Bonchev–Trinajstić information content (AvgIpc) is 2.35. The molecule has 0 saturated carbocycles. The van der Waals surface area contributed by atoms with E-state index in [2.05, 4.69) is 10.9 Å². The molecule has 0 spiro atoms. The van der Waals surface area contributed by atoms with Gasteiger partial charge in [0.15, 0.2) is 0 Å². The molecule has 4 N–H and O–H groups in total. The number of hydrazine groups is 1. The predicted octanol–water partition coefficient (Wildman–Crippen LogP) is 1.36. The fourth-order valence-electron chi connectivity index (χ4n) is 1.39. The maximum atomic E-state index is 10.5. The van der Waals surface area contributed by atoms with Crippen LogP contribution in [-0.2, 0) is 0 Å².